The predicted octanol–water partition coefficient (Wildman–Crippen LogP) is 4.60. The molecule has 2 rings (SSSR count). The van der Waals surface area contributed by atoms with Crippen molar-refractivity contribution in [2.45, 2.75) is 33.8 Å². The van der Waals surface area contributed by atoms with E-state index in [9.17, 15) is 9.50 Å². The molecule has 0 heterocycles. The number of aliphatic hydroxyl groups excluding tert-OH is 1. The second kappa shape index (κ2) is 5.63. The molecule has 0 saturated carbocycles. The predicted molar refractivity (Wildman–Crippen MR) is 77.8 cm³/mol. The van der Waals surface area contributed by atoms with Gasteiger partial charge in [-0.05, 0) is 56.5 Å². The van der Waals surface area contributed by atoms with E-state index in [0.717, 1.165) is 22.4 Å². The summed E-state index contributed by atoms with van der Waals surface area (Å²) in [4.78, 5) is 0. The Morgan fingerprint density at radius 1 is 1.05 bits per heavy atom. The van der Waals surface area contributed by atoms with E-state index in [2.05, 4.69) is 0 Å². The van der Waals surface area contributed by atoms with Crippen LogP contribution >= 0.6 is 0 Å². The molecular formula is C17H19FO2. The highest BCUT2D eigenvalue weighted by atomic mass is 19.1. The standard InChI is InChI=1S/C17H19FO2/c1-10-8-9-11(2)17(12(10)3)20-15-7-5-6-14(18)16(15)13(4)19/h5-9,13,19H,1-4H3. The van der Waals surface area contributed by atoms with Crippen LogP contribution in [0.3, 0.4) is 0 Å². The molecule has 0 saturated heterocycles. The van der Waals surface area contributed by atoms with E-state index in [1.807, 2.05) is 32.9 Å². The largest absolute Gasteiger partial charge is 0.456 e. The average molecular weight is 274 g/mol. The Morgan fingerprint density at radius 2 is 1.70 bits per heavy atom. The maximum atomic E-state index is 13.8. The summed E-state index contributed by atoms with van der Waals surface area (Å²) >= 11 is 0. The van der Waals surface area contributed by atoms with Crippen molar-refractivity contribution in [3.05, 3.63) is 58.4 Å². The number of hydrogen-bond donors (Lipinski definition) is 1. The van der Waals surface area contributed by atoms with Gasteiger partial charge in [0.05, 0.1) is 11.7 Å². The van der Waals surface area contributed by atoms with Gasteiger partial charge in [0.2, 0.25) is 0 Å². The van der Waals surface area contributed by atoms with Crippen molar-refractivity contribution < 1.29 is 14.2 Å². The Labute approximate surface area is 118 Å². The average Bonchev–Trinajstić information content (AvgIpc) is 2.39. The zero-order valence-corrected chi connectivity index (χ0v) is 12.2. The number of halogens is 1. The first-order chi connectivity index (χ1) is 9.41. The van der Waals surface area contributed by atoms with E-state index < -0.39 is 11.9 Å². The van der Waals surface area contributed by atoms with Gasteiger partial charge in [-0.2, -0.15) is 0 Å². The van der Waals surface area contributed by atoms with Crippen LogP contribution in [-0.4, -0.2) is 5.11 Å². The molecule has 2 aromatic rings. The van der Waals surface area contributed by atoms with Gasteiger partial charge in [-0.15, -0.1) is 0 Å². The summed E-state index contributed by atoms with van der Waals surface area (Å²) in [5.74, 6) is 0.620. The summed E-state index contributed by atoms with van der Waals surface area (Å²) in [6.07, 6.45) is -0.920. The minimum absolute atomic E-state index is 0.188. The number of rotatable bonds is 3. The first kappa shape index (κ1) is 14.5. The third-order valence-corrected chi connectivity index (χ3v) is 3.52. The van der Waals surface area contributed by atoms with Crippen molar-refractivity contribution in [2.24, 2.45) is 0 Å². The van der Waals surface area contributed by atoms with Gasteiger partial charge in [-0.1, -0.05) is 18.2 Å². The molecule has 0 fully saturated rings. The van der Waals surface area contributed by atoms with Gasteiger partial charge < -0.3 is 9.84 Å². The third kappa shape index (κ3) is 2.68. The van der Waals surface area contributed by atoms with E-state index >= 15 is 0 Å². The van der Waals surface area contributed by atoms with Crippen LogP contribution in [0.1, 0.15) is 35.3 Å². The molecular weight excluding hydrogens is 255 g/mol. The molecule has 0 spiro atoms. The van der Waals surface area contributed by atoms with E-state index in [-0.39, 0.29) is 5.56 Å². The number of benzene rings is 2. The number of ether oxygens (including phenoxy) is 1. The van der Waals surface area contributed by atoms with Crippen LogP contribution in [0.25, 0.3) is 0 Å². The van der Waals surface area contributed by atoms with Gasteiger partial charge in [-0.3, -0.25) is 0 Å². The first-order valence-corrected chi connectivity index (χ1v) is 6.63. The van der Waals surface area contributed by atoms with Crippen molar-refractivity contribution in [2.75, 3.05) is 0 Å². The van der Waals surface area contributed by atoms with Crippen LogP contribution in [0.4, 0.5) is 4.39 Å². The van der Waals surface area contributed by atoms with Gasteiger partial charge in [0.25, 0.3) is 0 Å². The molecule has 3 heteroatoms. The van der Waals surface area contributed by atoms with Crippen molar-refractivity contribution >= 4 is 0 Å². The molecule has 106 valence electrons. The lowest BCUT2D eigenvalue weighted by Gasteiger charge is -2.17. The summed E-state index contributed by atoms with van der Waals surface area (Å²) in [6, 6.07) is 8.58. The van der Waals surface area contributed by atoms with E-state index in [4.69, 9.17) is 4.74 Å². The number of aryl methyl sites for hydroxylation is 2. The van der Waals surface area contributed by atoms with Crippen LogP contribution < -0.4 is 4.74 Å². The van der Waals surface area contributed by atoms with Gasteiger partial charge in [0.1, 0.15) is 17.3 Å². The fourth-order valence-electron chi connectivity index (χ4n) is 2.20. The summed E-state index contributed by atoms with van der Waals surface area (Å²) in [7, 11) is 0. The van der Waals surface area contributed by atoms with Crippen LogP contribution in [0, 0.1) is 26.6 Å². The Balaban J connectivity index is 2.51. The first-order valence-electron chi connectivity index (χ1n) is 6.63. The lowest BCUT2D eigenvalue weighted by Crippen LogP contribution is -2.01. The minimum Gasteiger partial charge on any atom is -0.456 e. The topological polar surface area (TPSA) is 29.5 Å². The monoisotopic (exact) mass is 274 g/mol. The van der Waals surface area contributed by atoms with Crippen molar-refractivity contribution in [3.63, 3.8) is 0 Å². The fourth-order valence-corrected chi connectivity index (χ4v) is 2.20. The van der Waals surface area contributed by atoms with Crippen LogP contribution in [-0.2, 0) is 0 Å². The maximum absolute atomic E-state index is 13.8. The Morgan fingerprint density at radius 3 is 2.35 bits per heavy atom. The van der Waals surface area contributed by atoms with Crippen LogP contribution in [0.2, 0.25) is 0 Å². The summed E-state index contributed by atoms with van der Waals surface area (Å²) in [5.41, 5.74) is 3.30. The molecule has 1 atom stereocenters. The molecule has 2 nitrogen and oxygen atoms in total. The fraction of sp³-hybridized carbons (Fsp3) is 0.294. The van der Waals surface area contributed by atoms with Crippen LogP contribution in [0.15, 0.2) is 30.3 Å². The minimum atomic E-state index is -0.920. The van der Waals surface area contributed by atoms with E-state index in [1.54, 1.807) is 12.1 Å². The van der Waals surface area contributed by atoms with Gasteiger partial charge >= 0.3 is 0 Å². The van der Waals surface area contributed by atoms with Crippen molar-refractivity contribution in [1.29, 1.82) is 0 Å². The molecule has 1 unspecified atom stereocenters. The SMILES string of the molecule is Cc1ccc(C)c(Oc2cccc(F)c2C(C)O)c1C. The Hall–Kier alpha value is -1.87. The zero-order chi connectivity index (χ0) is 14.9. The molecule has 0 aliphatic rings. The molecule has 0 aliphatic carbocycles. The summed E-state index contributed by atoms with van der Waals surface area (Å²) < 4.78 is 19.7. The van der Waals surface area contributed by atoms with Gasteiger partial charge in [0.15, 0.2) is 0 Å². The lowest BCUT2D eigenvalue weighted by molar-refractivity contribution is 0.190. The Kier molecular flexibility index (Phi) is 4.09. The quantitative estimate of drug-likeness (QED) is 0.886. The summed E-state index contributed by atoms with van der Waals surface area (Å²) in [6.45, 7) is 7.45. The molecule has 0 aliphatic heterocycles. The zero-order valence-electron chi connectivity index (χ0n) is 12.2. The smallest absolute Gasteiger partial charge is 0.136 e. The Bertz CT molecular complexity index is 633. The molecule has 0 bridgehead atoms. The molecule has 20 heavy (non-hydrogen) atoms. The molecule has 0 radical (unpaired) electrons. The van der Waals surface area contributed by atoms with Crippen LogP contribution in [0.5, 0.6) is 11.5 Å². The van der Waals surface area contributed by atoms with Crippen molar-refractivity contribution in [1.82, 2.24) is 0 Å². The molecule has 0 amide bonds. The second-order valence-corrected chi connectivity index (χ2v) is 5.08. The highest BCUT2D eigenvalue weighted by molar-refractivity contribution is 5.48. The highest BCUT2D eigenvalue weighted by Gasteiger charge is 2.17. The van der Waals surface area contributed by atoms with E-state index in [1.165, 1.54) is 13.0 Å². The highest BCUT2D eigenvalue weighted by Crippen LogP contribution is 2.35. The number of hydrogen-bond acceptors (Lipinski definition) is 2. The van der Waals surface area contributed by atoms with E-state index in [0.29, 0.717) is 5.75 Å². The number of aliphatic hydroxyl groups is 1. The molecule has 2 aromatic carbocycles. The second-order valence-electron chi connectivity index (χ2n) is 5.08. The lowest BCUT2D eigenvalue weighted by atomic mass is 10.0. The van der Waals surface area contributed by atoms with Gasteiger partial charge in [0, 0.05) is 0 Å². The third-order valence-electron chi connectivity index (χ3n) is 3.52. The molecule has 1 N–H and O–H groups in total. The van der Waals surface area contributed by atoms with Crippen molar-refractivity contribution in [3.8, 4) is 11.5 Å². The maximum Gasteiger partial charge on any atom is 0.136 e. The van der Waals surface area contributed by atoms with Gasteiger partial charge in [-0.25, -0.2) is 4.39 Å². The molecule has 0 aromatic heterocycles. The normalized spacial score (nSPS) is 12.3. The summed E-state index contributed by atoms with van der Waals surface area (Å²) in [5, 5.41) is 9.74.